The van der Waals surface area contributed by atoms with Crippen LogP contribution >= 0.6 is 26.3 Å². The van der Waals surface area contributed by atoms with Crippen LogP contribution in [0.4, 0.5) is 0 Å². The molecule has 0 aliphatic carbocycles. The Kier molecular flexibility index (Phi) is 31.5. The van der Waals surface area contributed by atoms with E-state index in [4.69, 9.17) is 19.2 Å². The summed E-state index contributed by atoms with van der Waals surface area (Å²) >= 11 is 0. The summed E-state index contributed by atoms with van der Waals surface area (Å²) in [5.41, 5.74) is 0. The van der Waals surface area contributed by atoms with E-state index in [0.717, 1.165) is 0 Å². The summed E-state index contributed by atoms with van der Waals surface area (Å²) < 4.78 is 8.66. The van der Waals surface area contributed by atoms with Gasteiger partial charge in [-0.1, -0.05) is 65.2 Å². The molecule has 2 atom stereocenters. The minimum absolute atomic E-state index is 1.37. The molecule has 0 fully saturated rings. The Labute approximate surface area is 149 Å². The van der Waals surface area contributed by atoms with E-state index < -0.39 is 7.82 Å². The summed E-state index contributed by atoms with van der Waals surface area (Å²) in [6, 6.07) is 0. The Balaban J connectivity index is -0.000000273. The largest absolute Gasteiger partial charge is 0.790 e. The third-order valence-corrected chi connectivity index (χ3v) is 4.21. The van der Waals surface area contributed by atoms with E-state index in [0.29, 0.717) is 0 Å². The molecule has 0 amide bonds. The van der Waals surface area contributed by atoms with Crippen molar-refractivity contribution in [3.63, 3.8) is 0 Å². The van der Waals surface area contributed by atoms with E-state index in [2.05, 4.69) is 32.3 Å². The monoisotopic (exact) mass is 390 g/mol. The van der Waals surface area contributed by atoms with Crippen LogP contribution in [-0.4, -0.2) is 17.2 Å². The average molecular weight is 390 g/mol. The molecule has 0 aromatic heterocycles. The molecule has 0 aliphatic heterocycles. The third-order valence-electron chi connectivity index (χ3n) is 3.21. The highest BCUT2D eigenvalue weighted by Crippen LogP contribution is 2.11. The summed E-state index contributed by atoms with van der Waals surface area (Å²) in [7, 11) is -0.954. The van der Waals surface area contributed by atoms with Crippen LogP contribution in [0.2, 0.25) is 0 Å². The molecule has 2 unspecified atom stereocenters. The van der Waals surface area contributed by atoms with Gasteiger partial charge < -0.3 is 19.2 Å². The zero-order valence-corrected chi connectivity index (χ0v) is 19.2. The number of rotatable bonds is 12. The first-order valence-corrected chi connectivity index (χ1v) is 12.7. The summed E-state index contributed by atoms with van der Waals surface area (Å²) in [4.78, 5) is 24.3. The molecular weight excluding hydrogens is 349 g/mol. The Morgan fingerprint density at radius 3 is 1.13 bits per heavy atom. The highest BCUT2D eigenvalue weighted by Gasteiger charge is 1.88. The fraction of sp³-hybridized carbons (Fsp3) is 1.00. The first-order valence-electron chi connectivity index (χ1n) is 9.16. The van der Waals surface area contributed by atoms with Gasteiger partial charge in [-0.05, 0) is 44.2 Å². The predicted octanol–water partition coefficient (Wildman–Crippen LogP) is 3.72. The quantitative estimate of drug-likeness (QED) is 0.407. The zero-order chi connectivity index (χ0) is 18.4. The molecule has 0 spiro atoms. The Morgan fingerprint density at radius 1 is 0.696 bits per heavy atom. The van der Waals surface area contributed by atoms with Gasteiger partial charge in [0.2, 0.25) is 0 Å². The van der Waals surface area contributed by atoms with Crippen LogP contribution in [0.3, 0.4) is 0 Å². The zero-order valence-electron chi connectivity index (χ0n) is 15.4. The maximum atomic E-state index is 8.66. The molecule has 23 heavy (non-hydrogen) atoms. The lowest BCUT2D eigenvalue weighted by atomic mass is 10.1. The summed E-state index contributed by atoms with van der Waals surface area (Å²) in [6.45, 7) is 4.53. The van der Waals surface area contributed by atoms with Crippen molar-refractivity contribution in [1.29, 1.82) is 0 Å². The van der Waals surface area contributed by atoms with Crippen LogP contribution in [0.5, 0.6) is 0 Å². The number of phosphoric acid groups is 1. The lowest BCUT2D eigenvalue weighted by Gasteiger charge is -2.19. The van der Waals surface area contributed by atoms with E-state index >= 15 is 0 Å². The van der Waals surface area contributed by atoms with Gasteiger partial charge in [0.25, 0.3) is 0 Å². The van der Waals surface area contributed by atoms with Gasteiger partial charge in [0, 0.05) is 0 Å². The van der Waals surface area contributed by atoms with Gasteiger partial charge >= 0.3 is 0 Å². The van der Waals surface area contributed by atoms with Crippen LogP contribution in [0.1, 0.15) is 90.9 Å². The Hall–Kier alpha value is 0.970. The van der Waals surface area contributed by atoms with Crippen molar-refractivity contribution >= 4 is 26.3 Å². The molecule has 0 aromatic rings. The fourth-order valence-electron chi connectivity index (χ4n) is 1.91. The van der Waals surface area contributed by atoms with Crippen molar-refractivity contribution in [3.05, 3.63) is 0 Å². The molecule has 0 radical (unpaired) electrons. The Bertz CT molecular complexity index is 201. The summed E-state index contributed by atoms with van der Waals surface area (Å²) in [5, 5.41) is 0. The van der Waals surface area contributed by atoms with Crippen molar-refractivity contribution < 1.29 is 19.2 Å². The second-order valence-electron chi connectivity index (χ2n) is 5.71. The van der Waals surface area contributed by atoms with Gasteiger partial charge in [0.1, 0.15) is 0 Å². The van der Waals surface area contributed by atoms with Gasteiger partial charge in [-0.15, -0.1) is 0 Å². The maximum absolute atomic E-state index is 8.66. The van der Waals surface area contributed by atoms with Crippen molar-refractivity contribution in [2.75, 3.05) is 12.3 Å². The highest BCUT2D eigenvalue weighted by atomic mass is 31.2. The molecule has 0 aromatic carbocycles. The predicted molar refractivity (Wildman–Crippen MR) is 109 cm³/mol. The molecule has 0 saturated carbocycles. The second kappa shape index (κ2) is 25.2. The first-order chi connectivity index (χ1) is 10.8. The van der Waals surface area contributed by atoms with E-state index in [9.17, 15) is 0 Å². The van der Waals surface area contributed by atoms with Gasteiger partial charge in [-0.3, -0.25) is 0 Å². The molecule has 4 nitrogen and oxygen atoms in total. The third kappa shape index (κ3) is 60.0. The summed E-state index contributed by atoms with van der Waals surface area (Å²) in [6.07, 6.45) is 20.1. The number of hydrogen-bond acceptors (Lipinski definition) is 3. The van der Waals surface area contributed by atoms with Crippen molar-refractivity contribution in [3.8, 4) is 0 Å². The van der Waals surface area contributed by atoms with E-state index in [1.807, 2.05) is 0 Å². The van der Waals surface area contributed by atoms with E-state index in [-0.39, 0.29) is 0 Å². The first kappa shape index (κ1) is 28.8. The minimum Gasteiger partial charge on any atom is -0.790 e. The van der Waals surface area contributed by atoms with Crippen LogP contribution in [-0.2, 0) is 4.57 Å². The lowest BCUT2D eigenvalue weighted by Crippen LogP contribution is -2.11. The molecule has 7 heteroatoms. The molecular formula is C16H41O4P3. The molecule has 144 valence electrons. The van der Waals surface area contributed by atoms with Gasteiger partial charge in [0.05, 0.1) is 20.1 Å². The highest BCUT2D eigenvalue weighted by molar-refractivity contribution is 7.42. The van der Waals surface area contributed by atoms with E-state index in [1.165, 1.54) is 89.4 Å². The molecule has 0 rings (SSSR count). The van der Waals surface area contributed by atoms with Crippen LogP contribution in [0.15, 0.2) is 0 Å². The van der Waals surface area contributed by atoms with Crippen LogP contribution in [0.25, 0.3) is 0 Å². The molecule has 0 bridgehead atoms. The summed E-state index contributed by atoms with van der Waals surface area (Å²) in [5.74, 6) is 0. The van der Waals surface area contributed by atoms with Crippen LogP contribution in [0, 0.1) is 0 Å². The molecule has 0 aliphatic rings. The van der Waals surface area contributed by atoms with Crippen molar-refractivity contribution in [2.24, 2.45) is 0 Å². The number of hydrogen-bond donors (Lipinski definition) is 1. The molecule has 0 heterocycles. The number of unbranched alkanes of at least 4 members (excludes halogenated alkanes) is 10. The second-order valence-corrected chi connectivity index (χ2v) is 8.06. The normalized spacial score (nSPS) is 10.7. The maximum Gasteiger partial charge on any atom is 0.0557 e. The standard InChI is InChI=1S/2C8H19P.H3O4P/c2*1-2-3-4-5-6-7-8-9;1-5(2,3)4/h2*2-9H2,1H3;(H3,1,2,3,4). The smallest absolute Gasteiger partial charge is 0.0557 e. The van der Waals surface area contributed by atoms with Gasteiger partial charge in [-0.2, -0.15) is 0 Å². The van der Waals surface area contributed by atoms with Crippen LogP contribution < -0.4 is 9.79 Å². The molecule has 1 N–H and O–H groups in total. The fourth-order valence-corrected chi connectivity index (χ4v) is 2.62. The molecule has 0 saturated heterocycles. The Morgan fingerprint density at radius 2 is 0.913 bits per heavy atom. The van der Waals surface area contributed by atoms with Crippen molar-refractivity contribution in [2.45, 2.75) is 90.9 Å². The van der Waals surface area contributed by atoms with Crippen molar-refractivity contribution in [1.82, 2.24) is 0 Å². The average Bonchev–Trinajstić information content (AvgIpc) is 2.46. The van der Waals surface area contributed by atoms with Gasteiger partial charge in [0.15, 0.2) is 0 Å². The SMILES string of the molecule is CCCCCCCC[PH3+].CCCCCCCC[PH3+].O=P([O-])([O-])O. The lowest BCUT2D eigenvalue weighted by molar-refractivity contribution is -0.337. The van der Waals surface area contributed by atoms with Gasteiger partial charge in [-0.25, -0.2) is 0 Å². The topological polar surface area (TPSA) is 83.4 Å². The van der Waals surface area contributed by atoms with E-state index in [1.54, 1.807) is 0 Å². The minimum atomic E-state index is -5.14.